The van der Waals surface area contributed by atoms with Crippen molar-refractivity contribution in [1.82, 2.24) is 10.6 Å². The van der Waals surface area contributed by atoms with Crippen LogP contribution in [0.2, 0.25) is 0 Å². The van der Waals surface area contributed by atoms with Crippen molar-refractivity contribution in [2.75, 3.05) is 20.3 Å². The van der Waals surface area contributed by atoms with Crippen molar-refractivity contribution in [2.24, 2.45) is 5.41 Å². The van der Waals surface area contributed by atoms with Gasteiger partial charge in [0.1, 0.15) is 0 Å². The van der Waals surface area contributed by atoms with Gasteiger partial charge in [0, 0.05) is 13.7 Å². The van der Waals surface area contributed by atoms with Gasteiger partial charge in [-0.2, -0.15) is 0 Å². The average Bonchev–Trinajstić information content (AvgIpc) is 2.25. The van der Waals surface area contributed by atoms with E-state index >= 15 is 0 Å². The third kappa shape index (κ3) is 5.53. The predicted molar refractivity (Wildman–Crippen MR) is 63.9 cm³/mol. The molecular formula is C11H22N2O4. The quantitative estimate of drug-likeness (QED) is 0.620. The summed E-state index contributed by atoms with van der Waals surface area (Å²) in [6, 6.07) is -0.492. The molecule has 0 fully saturated rings. The number of amides is 2. The molecule has 0 aliphatic heterocycles. The molecule has 6 heteroatoms. The number of carboxylic acids is 1. The molecule has 0 saturated heterocycles. The zero-order valence-corrected chi connectivity index (χ0v) is 10.9. The molecular weight excluding hydrogens is 224 g/mol. The lowest BCUT2D eigenvalue weighted by atomic mass is 9.88. The standard InChI is InChI=1S/C11H22N2O4/c1-5-11(3,9(14)15)7-12-10(16)13-8(2)6-17-4/h8H,5-7H2,1-4H3,(H,14,15)(H2,12,13,16). The Hall–Kier alpha value is -1.30. The Kier molecular flexibility index (Phi) is 6.57. The number of carboxylic acid groups (broad SMARTS) is 1. The van der Waals surface area contributed by atoms with Gasteiger partial charge in [0.05, 0.1) is 18.1 Å². The minimum Gasteiger partial charge on any atom is -0.481 e. The van der Waals surface area contributed by atoms with Crippen molar-refractivity contribution >= 4 is 12.0 Å². The van der Waals surface area contributed by atoms with E-state index in [9.17, 15) is 9.59 Å². The summed E-state index contributed by atoms with van der Waals surface area (Å²) >= 11 is 0. The van der Waals surface area contributed by atoms with Crippen LogP contribution in [0.3, 0.4) is 0 Å². The number of aliphatic carboxylic acids is 1. The highest BCUT2D eigenvalue weighted by Gasteiger charge is 2.31. The minimum absolute atomic E-state index is 0.102. The van der Waals surface area contributed by atoms with Gasteiger partial charge in [-0.3, -0.25) is 4.79 Å². The van der Waals surface area contributed by atoms with Gasteiger partial charge < -0.3 is 20.5 Å². The van der Waals surface area contributed by atoms with Crippen LogP contribution in [-0.4, -0.2) is 43.4 Å². The predicted octanol–water partition coefficient (Wildman–Crippen LogP) is 0.821. The first-order valence-corrected chi connectivity index (χ1v) is 5.62. The van der Waals surface area contributed by atoms with E-state index in [1.54, 1.807) is 27.9 Å². The molecule has 0 rings (SSSR count). The summed E-state index contributed by atoms with van der Waals surface area (Å²) in [5.74, 6) is -0.912. The molecule has 100 valence electrons. The second kappa shape index (κ2) is 7.11. The van der Waals surface area contributed by atoms with Crippen molar-refractivity contribution in [2.45, 2.75) is 33.2 Å². The van der Waals surface area contributed by atoms with E-state index in [4.69, 9.17) is 9.84 Å². The molecule has 0 heterocycles. The van der Waals surface area contributed by atoms with Gasteiger partial charge in [0.25, 0.3) is 0 Å². The van der Waals surface area contributed by atoms with Crippen molar-refractivity contribution in [3.05, 3.63) is 0 Å². The molecule has 0 spiro atoms. The molecule has 0 aliphatic carbocycles. The Balaban J connectivity index is 4.10. The van der Waals surface area contributed by atoms with E-state index < -0.39 is 11.4 Å². The van der Waals surface area contributed by atoms with Gasteiger partial charge in [-0.15, -0.1) is 0 Å². The number of carbonyl (C=O) groups excluding carboxylic acids is 1. The monoisotopic (exact) mass is 246 g/mol. The minimum atomic E-state index is -0.929. The van der Waals surface area contributed by atoms with Crippen LogP contribution in [0, 0.1) is 5.41 Å². The van der Waals surface area contributed by atoms with Gasteiger partial charge in [-0.25, -0.2) is 4.79 Å². The van der Waals surface area contributed by atoms with Crippen molar-refractivity contribution in [3.63, 3.8) is 0 Å². The molecule has 2 amide bonds. The molecule has 0 aromatic carbocycles. The number of nitrogens with one attached hydrogen (secondary N) is 2. The maximum Gasteiger partial charge on any atom is 0.315 e. The van der Waals surface area contributed by atoms with Crippen molar-refractivity contribution in [1.29, 1.82) is 0 Å². The highest BCUT2D eigenvalue weighted by Crippen LogP contribution is 2.19. The van der Waals surface area contributed by atoms with E-state index in [1.165, 1.54) is 0 Å². The van der Waals surface area contributed by atoms with Crippen LogP contribution in [0.4, 0.5) is 4.79 Å². The number of urea groups is 1. The van der Waals surface area contributed by atoms with Gasteiger partial charge in [0.15, 0.2) is 0 Å². The number of hydrogen-bond donors (Lipinski definition) is 3. The summed E-state index contributed by atoms with van der Waals surface area (Å²) in [5.41, 5.74) is -0.929. The molecule has 0 aliphatic rings. The lowest BCUT2D eigenvalue weighted by molar-refractivity contribution is -0.147. The SMILES string of the molecule is CCC(C)(CNC(=O)NC(C)COC)C(=O)O. The molecule has 2 atom stereocenters. The fourth-order valence-electron chi connectivity index (χ4n) is 1.19. The van der Waals surface area contributed by atoms with E-state index in [2.05, 4.69) is 10.6 Å². The summed E-state index contributed by atoms with van der Waals surface area (Å²) in [7, 11) is 1.55. The Morgan fingerprint density at radius 2 is 2.06 bits per heavy atom. The molecule has 0 saturated carbocycles. The van der Waals surface area contributed by atoms with E-state index in [0.717, 1.165) is 0 Å². The van der Waals surface area contributed by atoms with E-state index in [-0.39, 0.29) is 18.6 Å². The highest BCUT2D eigenvalue weighted by molar-refractivity contribution is 5.77. The summed E-state index contributed by atoms with van der Waals surface area (Å²) < 4.78 is 4.87. The van der Waals surface area contributed by atoms with E-state index in [0.29, 0.717) is 13.0 Å². The largest absolute Gasteiger partial charge is 0.481 e. The Labute approximate surface area is 102 Å². The maximum atomic E-state index is 11.4. The van der Waals surface area contributed by atoms with Crippen LogP contribution in [0.25, 0.3) is 0 Å². The molecule has 17 heavy (non-hydrogen) atoms. The number of carbonyl (C=O) groups is 2. The molecule has 3 N–H and O–H groups in total. The number of methoxy groups -OCH3 is 1. The zero-order valence-electron chi connectivity index (χ0n) is 10.9. The molecule has 0 aromatic heterocycles. The van der Waals surface area contributed by atoms with Crippen LogP contribution in [0.15, 0.2) is 0 Å². The van der Waals surface area contributed by atoms with Crippen LogP contribution >= 0.6 is 0 Å². The molecule has 6 nitrogen and oxygen atoms in total. The van der Waals surface area contributed by atoms with Gasteiger partial charge in [0.2, 0.25) is 0 Å². The lowest BCUT2D eigenvalue weighted by Crippen LogP contribution is -2.47. The third-order valence-electron chi connectivity index (χ3n) is 2.73. The fourth-order valence-corrected chi connectivity index (χ4v) is 1.19. The van der Waals surface area contributed by atoms with Gasteiger partial charge >= 0.3 is 12.0 Å². The Morgan fingerprint density at radius 1 is 1.47 bits per heavy atom. The zero-order chi connectivity index (χ0) is 13.5. The van der Waals surface area contributed by atoms with E-state index in [1.807, 2.05) is 0 Å². The maximum absolute atomic E-state index is 11.4. The average molecular weight is 246 g/mol. The molecule has 0 aromatic rings. The van der Waals surface area contributed by atoms with Crippen LogP contribution in [-0.2, 0) is 9.53 Å². The smallest absolute Gasteiger partial charge is 0.315 e. The second-order valence-electron chi connectivity index (χ2n) is 4.40. The Bertz CT molecular complexity index is 270. The van der Waals surface area contributed by atoms with Crippen molar-refractivity contribution in [3.8, 4) is 0 Å². The topological polar surface area (TPSA) is 87.7 Å². The summed E-state index contributed by atoms with van der Waals surface area (Å²) in [6.45, 7) is 5.70. The van der Waals surface area contributed by atoms with Gasteiger partial charge in [-0.05, 0) is 20.3 Å². The lowest BCUT2D eigenvalue weighted by Gasteiger charge is -2.24. The summed E-state index contributed by atoms with van der Waals surface area (Å²) in [5, 5.41) is 14.2. The van der Waals surface area contributed by atoms with Crippen LogP contribution < -0.4 is 10.6 Å². The number of ether oxygens (including phenoxy) is 1. The second-order valence-corrected chi connectivity index (χ2v) is 4.40. The Morgan fingerprint density at radius 3 is 2.47 bits per heavy atom. The first kappa shape index (κ1) is 15.7. The summed E-state index contributed by atoms with van der Waals surface area (Å²) in [6.07, 6.45) is 0.455. The number of hydrogen-bond acceptors (Lipinski definition) is 3. The fraction of sp³-hybridized carbons (Fsp3) is 0.818. The van der Waals surface area contributed by atoms with Crippen LogP contribution in [0.1, 0.15) is 27.2 Å². The molecule has 0 radical (unpaired) electrons. The first-order chi connectivity index (χ1) is 7.85. The van der Waals surface area contributed by atoms with Gasteiger partial charge in [-0.1, -0.05) is 6.92 Å². The normalized spacial score (nSPS) is 15.8. The molecule has 0 bridgehead atoms. The van der Waals surface area contributed by atoms with Crippen molar-refractivity contribution < 1.29 is 19.4 Å². The molecule has 2 unspecified atom stereocenters. The first-order valence-electron chi connectivity index (χ1n) is 5.62. The summed E-state index contributed by atoms with van der Waals surface area (Å²) in [4.78, 5) is 22.4. The van der Waals surface area contributed by atoms with Crippen LogP contribution in [0.5, 0.6) is 0 Å². The number of rotatable bonds is 7. The highest BCUT2D eigenvalue weighted by atomic mass is 16.5. The third-order valence-corrected chi connectivity index (χ3v) is 2.73.